The van der Waals surface area contributed by atoms with E-state index in [-0.39, 0.29) is 16.9 Å². The van der Waals surface area contributed by atoms with Gasteiger partial charge in [-0.2, -0.15) is 0 Å². The van der Waals surface area contributed by atoms with Crippen molar-refractivity contribution in [3.63, 3.8) is 0 Å². The van der Waals surface area contributed by atoms with Crippen molar-refractivity contribution in [3.05, 3.63) is 82.4 Å². The fraction of sp³-hybridized carbons (Fsp3) is 0.143. The van der Waals surface area contributed by atoms with Gasteiger partial charge in [0.1, 0.15) is 40.7 Å². The molecular formula is C21H15AlF6O. The van der Waals surface area contributed by atoms with Gasteiger partial charge in [0.25, 0.3) is 0 Å². The summed E-state index contributed by atoms with van der Waals surface area (Å²) in [6.07, 6.45) is 0. The molecule has 0 bridgehead atoms. The molecular weight excluding hydrogens is 409 g/mol. The summed E-state index contributed by atoms with van der Waals surface area (Å²) in [6.45, 7) is 2.65. The van der Waals surface area contributed by atoms with Gasteiger partial charge in [-0.05, 0) is 50.4 Å². The van der Waals surface area contributed by atoms with Gasteiger partial charge < -0.3 is 4.74 Å². The van der Waals surface area contributed by atoms with Gasteiger partial charge in [-0.1, -0.05) is 12.1 Å². The Labute approximate surface area is 167 Å². The minimum absolute atomic E-state index is 0.0123. The fourth-order valence-electron chi connectivity index (χ4n) is 3.27. The second-order valence-electron chi connectivity index (χ2n) is 6.62. The van der Waals surface area contributed by atoms with E-state index >= 15 is 0 Å². The molecule has 0 aromatic heterocycles. The maximum atomic E-state index is 14.9. The number of rotatable bonds is 4. The normalized spacial score (nSPS) is 10.9. The average Bonchev–Trinajstić information content (AvgIpc) is 2.67. The average molecular weight is 424 g/mol. The van der Waals surface area contributed by atoms with Crippen LogP contribution in [0.2, 0.25) is 0 Å². The highest BCUT2D eigenvalue weighted by molar-refractivity contribution is 6.95. The van der Waals surface area contributed by atoms with Crippen molar-refractivity contribution in [2.24, 2.45) is 0 Å². The zero-order valence-electron chi connectivity index (χ0n) is 15.7. The van der Waals surface area contributed by atoms with Crippen molar-refractivity contribution >= 4 is 27.4 Å². The highest BCUT2D eigenvalue weighted by Crippen LogP contribution is 2.18. The minimum Gasteiger partial charge on any atom is -0.497 e. The number of benzene rings is 3. The van der Waals surface area contributed by atoms with Crippen LogP contribution in [-0.4, -0.2) is 21.3 Å². The Bertz CT molecular complexity index is 1020. The lowest BCUT2D eigenvalue weighted by molar-refractivity contribution is 0.407. The summed E-state index contributed by atoms with van der Waals surface area (Å²) in [6, 6.07) is 5.75. The highest BCUT2D eigenvalue weighted by Gasteiger charge is 2.40. The Balaban J connectivity index is 2.47. The quantitative estimate of drug-likeness (QED) is 0.459. The molecule has 0 aliphatic heterocycles. The van der Waals surface area contributed by atoms with Crippen LogP contribution in [0.4, 0.5) is 26.3 Å². The topological polar surface area (TPSA) is 9.23 Å². The molecule has 150 valence electrons. The lowest BCUT2D eigenvalue weighted by Gasteiger charge is -2.20. The van der Waals surface area contributed by atoms with Crippen molar-refractivity contribution in [1.82, 2.24) is 0 Å². The first-order chi connectivity index (χ1) is 13.7. The molecule has 0 spiro atoms. The van der Waals surface area contributed by atoms with Gasteiger partial charge in [-0.3, -0.25) is 0 Å². The van der Waals surface area contributed by atoms with E-state index in [1.54, 1.807) is 0 Å². The second-order valence-corrected chi connectivity index (χ2v) is 9.22. The smallest absolute Gasteiger partial charge is 0.411 e. The van der Waals surface area contributed by atoms with E-state index in [0.29, 0.717) is 0 Å². The number of methoxy groups -OCH3 is 1. The molecule has 0 unspecified atom stereocenters. The van der Waals surface area contributed by atoms with Crippen LogP contribution in [0.1, 0.15) is 11.1 Å². The lowest BCUT2D eigenvalue weighted by atomic mass is 10.2. The fourth-order valence-corrected chi connectivity index (χ4v) is 6.56. The molecule has 0 amide bonds. The number of halogens is 6. The molecule has 8 heteroatoms. The molecule has 3 aromatic rings. The van der Waals surface area contributed by atoms with E-state index < -0.39 is 62.3 Å². The summed E-state index contributed by atoms with van der Waals surface area (Å²) >= 11 is -3.94. The zero-order valence-corrected chi connectivity index (χ0v) is 16.9. The molecule has 0 saturated heterocycles. The first kappa shape index (κ1) is 21.3. The first-order valence-corrected chi connectivity index (χ1v) is 10.3. The van der Waals surface area contributed by atoms with E-state index in [0.717, 1.165) is 36.4 Å². The Hall–Kier alpha value is -2.43. The van der Waals surface area contributed by atoms with Crippen LogP contribution in [0.3, 0.4) is 0 Å². The van der Waals surface area contributed by atoms with E-state index in [9.17, 15) is 26.3 Å². The molecule has 0 fully saturated rings. The van der Waals surface area contributed by atoms with E-state index in [4.69, 9.17) is 4.74 Å². The predicted molar refractivity (Wildman–Crippen MR) is 99.8 cm³/mol. The van der Waals surface area contributed by atoms with Crippen LogP contribution >= 0.6 is 0 Å². The predicted octanol–water partition coefficient (Wildman–Crippen LogP) is 3.66. The molecule has 0 saturated carbocycles. The standard InChI is InChI=1S/C7H5F2O.2C7H5F2.Al/c1-10-7-3-5(8)2-6(9)4-7;2*1-5-2-3-6(8)4-7(5)9;/h3-4H,1H3;2*2-3H,1H3;. The lowest BCUT2D eigenvalue weighted by Crippen LogP contribution is -2.59. The molecule has 0 N–H and O–H groups in total. The molecule has 29 heavy (non-hydrogen) atoms. The Morgan fingerprint density at radius 1 is 0.621 bits per heavy atom. The second kappa shape index (κ2) is 8.13. The maximum absolute atomic E-state index is 14.9. The number of hydrogen-bond donors (Lipinski definition) is 0. The van der Waals surface area contributed by atoms with Crippen molar-refractivity contribution in [2.45, 2.75) is 13.8 Å². The van der Waals surface area contributed by atoms with Crippen LogP contribution in [0.25, 0.3) is 0 Å². The largest absolute Gasteiger partial charge is 0.497 e. The van der Waals surface area contributed by atoms with E-state index in [2.05, 4.69) is 0 Å². The van der Waals surface area contributed by atoms with Crippen LogP contribution < -0.4 is 18.0 Å². The van der Waals surface area contributed by atoms with Gasteiger partial charge in [0.05, 0.1) is 7.11 Å². The highest BCUT2D eigenvalue weighted by atomic mass is 27.2. The van der Waals surface area contributed by atoms with E-state index in [1.807, 2.05) is 0 Å². The van der Waals surface area contributed by atoms with Crippen LogP contribution in [0, 0.1) is 48.8 Å². The van der Waals surface area contributed by atoms with Gasteiger partial charge in [0, 0.05) is 12.1 Å². The summed E-state index contributed by atoms with van der Waals surface area (Å²) < 4.78 is 91.6. The van der Waals surface area contributed by atoms with Crippen molar-refractivity contribution < 1.29 is 31.1 Å². The van der Waals surface area contributed by atoms with Gasteiger partial charge in [-0.25, -0.2) is 26.3 Å². The number of hydrogen-bond acceptors (Lipinski definition) is 1. The van der Waals surface area contributed by atoms with Gasteiger partial charge in [-0.15, -0.1) is 0 Å². The Morgan fingerprint density at radius 2 is 1.03 bits per heavy atom. The minimum atomic E-state index is -3.94. The molecule has 3 aromatic carbocycles. The van der Waals surface area contributed by atoms with Gasteiger partial charge in [0.15, 0.2) is 0 Å². The monoisotopic (exact) mass is 424 g/mol. The Kier molecular flexibility index (Phi) is 5.97. The number of aryl methyl sites for hydroxylation is 2. The van der Waals surface area contributed by atoms with Crippen molar-refractivity contribution in [1.29, 1.82) is 0 Å². The SMILES string of the molecule is COc1cc(F)[c]([Al]([c]2c(F)ccc(C)c2F)[c]2c(F)ccc(C)c2F)c(F)c1. The third-order valence-electron chi connectivity index (χ3n) is 4.79. The molecule has 1 nitrogen and oxygen atoms in total. The van der Waals surface area contributed by atoms with Crippen molar-refractivity contribution in [3.8, 4) is 5.75 Å². The van der Waals surface area contributed by atoms with Crippen LogP contribution in [0.5, 0.6) is 5.75 Å². The van der Waals surface area contributed by atoms with E-state index in [1.165, 1.54) is 21.0 Å². The third-order valence-corrected chi connectivity index (χ3v) is 8.14. The molecule has 0 aliphatic rings. The summed E-state index contributed by atoms with van der Waals surface area (Å²) in [5.74, 6) is -6.99. The summed E-state index contributed by atoms with van der Waals surface area (Å²) in [5, 5.41) is 0. The van der Waals surface area contributed by atoms with Gasteiger partial charge in [0.2, 0.25) is 0 Å². The maximum Gasteiger partial charge on any atom is 0.411 e. The molecule has 0 heterocycles. The third kappa shape index (κ3) is 3.75. The first-order valence-electron chi connectivity index (χ1n) is 8.59. The van der Waals surface area contributed by atoms with Crippen LogP contribution in [-0.2, 0) is 0 Å². The Morgan fingerprint density at radius 3 is 1.41 bits per heavy atom. The molecule has 0 aliphatic carbocycles. The number of ether oxygens (including phenoxy) is 1. The summed E-state index contributed by atoms with van der Waals surface area (Å²) in [4.78, 5) is 0. The van der Waals surface area contributed by atoms with Crippen LogP contribution in [0.15, 0.2) is 36.4 Å². The van der Waals surface area contributed by atoms with Crippen molar-refractivity contribution in [2.75, 3.05) is 7.11 Å². The molecule has 0 radical (unpaired) electrons. The summed E-state index contributed by atoms with van der Waals surface area (Å²) in [7, 11) is 1.18. The zero-order chi connectivity index (χ0) is 21.5. The summed E-state index contributed by atoms with van der Waals surface area (Å²) in [5.41, 5.74) is -0.0246. The molecule has 0 atom stereocenters. The van der Waals surface area contributed by atoms with Gasteiger partial charge >= 0.3 is 14.1 Å². The molecule has 3 rings (SSSR count).